The van der Waals surface area contributed by atoms with Gasteiger partial charge in [0.1, 0.15) is 11.7 Å². The van der Waals surface area contributed by atoms with Crippen molar-refractivity contribution in [2.24, 2.45) is 22.4 Å². The van der Waals surface area contributed by atoms with Crippen LogP contribution in [0.2, 0.25) is 0 Å². The fourth-order valence-electron chi connectivity index (χ4n) is 3.78. The van der Waals surface area contributed by atoms with E-state index in [9.17, 15) is 14.0 Å². The Labute approximate surface area is 192 Å². The number of nitrogens with two attached hydrogens (primary N) is 2. The third-order valence-electron chi connectivity index (χ3n) is 5.69. The van der Waals surface area contributed by atoms with E-state index in [0.717, 1.165) is 4.90 Å². The van der Waals surface area contributed by atoms with Crippen LogP contribution in [0.1, 0.15) is 30.4 Å². The molecule has 0 radical (unpaired) electrons. The first kappa shape index (κ1) is 23.9. The van der Waals surface area contributed by atoms with E-state index in [0.29, 0.717) is 43.5 Å². The van der Waals surface area contributed by atoms with Crippen LogP contribution >= 0.6 is 11.8 Å². The average molecular weight is 457 g/mol. The molecule has 6 nitrogen and oxygen atoms in total. The van der Waals surface area contributed by atoms with Crippen molar-refractivity contribution in [2.45, 2.75) is 36.6 Å². The van der Waals surface area contributed by atoms with Gasteiger partial charge in [-0.25, -0.2) is 4.39 Å². The molecule has 2 aromatic rings. The fraction of sp³-hybridized carbons (Fsp3) is 0.375. The summed E-state index contributed by atoms with van der Waals surface area (Å²) in [5, 5.41) is 0. The van der Waals surface area contributed by atoms with Crippen molar-refractivity contribution >= 4 is 29.4 Å². The van der Waals surface area contributed by atoms with Crippen molar-refractivity contribution < 1.29 is 14.0 Å². The van der Waals surface area contributed by atoms with Gasteiger partial charge in [0.25, 0.3) is 5.91 Å². The Morgan fingerprint density at radius 1 is 1.16 bits per heavy atom. The number of thioether (sulfide) groups is 1. The van der Waals surface area contributed by atoms with Gasteiger partial charge in [0.2, 0.25) is 5.91 Å². The Hall–Kier alpha value is -2.71. The fourth-order valence-corrected chi connectivity index (χ4v) is 4.19. The molecule has 4 N–H and O–H groups in total. The number of halogens is 1. The smallest absolute Gasteiger partial charge is 0.250 e. The molecule has 3 rings (SSSR count). The Morgan fingerprint density at radius 3 is 2.44 bits per heavy atom. The lowest BCUT2D eigenvalue weighted by molar-refractivity contribution is -0.135. The van der Waals surface area contributed by atoms with Crippen molar-refractivity contribution in [2.75, 3.05) is 19.3 Å². The van der Waals surface area contributed by atoms with Crippen LogP contribution in [0, 0.1) is 11.7 Å². The van der Waals surface area contributed by atoms with Gasteiger partial charge < -0.3 is 16.4 Å². The quantitative estimate of drug-likeness (QED) is 0.379. The number of benzene rings is 2. The van der Waals surface area contributed by atoms with Gasteiger partial charge in [-0.1, -0.05) is 30.3 Å². The monoisotopic (exact) mass is 456 g/mol. The van der Waals surface area contributed by atoms with Crippen LogP contribution in [0.25, 0.3) is 0 Å². The van der Waals surface area contributed by atoms with Crippen LogP contribution in [-0.2, 0) is 16.0 Å². The van der Waals surface area contributed by atoms with Gasteiger partial charge in [-0.15, -0.1) is 11.8 Å². The van der Waals surface area contributed by atoms with Crippen LogP contribution in [0.15, 0.2) is 58.4 Å². The van der Waals surface area contributed by atoms with E-state index >= 15 is 0 Å². The second-order valence-corrected chi connectivity index (χ2v) is 8.86. The SMILES string of the molecule is CSc1ccc(C(N)=NC(=O)C2CCN(C(=O)CC(N)Cc3ccccc3F)CC2)cc1. The lowest BCUT2D eigenvalue weighted by Gasteiger charge is -2.31. The normalized spacial score (nSPS) is 16.1. The van der Waals surface area contributed by atoms with E-state index < -0.39 is 6.04 Å². The molecule has 0 aromatic heterocycles. The number of rotatable bonds is 7. The molecule has 2 amide bonds. The summed E-state index contributed by atoms with van der Waals surface area (Å²) < 4.78 is 13.8. The van der Waals surface area contributed by atoms with E-state index in [-0.39, 0.29) is 35.8 Å². The summed E-state index contributed by atoms with van der Waals surface area (Å²) in [7, 11) is 0. The standard InChI is InChI=1S/C24H29FN4O2S/c1-32-20-8-6-16(7-9-20)23(27)28-24(31)17-10-12-29(13-11-17)22(30)15-19(26)14-18-4-2-3-5-21(18)25/h2-9,17,19H,10-15,26H2,1H3,(H2,27,28,31). The lowest BCUT2D eigenvalue weighted by Crippen LogP contribution is -2.42. The molecule has 8 heteroatoms. The third-order valence-corrected chi connectivity index (χ3v) is 6.43. The Balaban J connectivity index is 1.48. The number of amides is 2. The molecule has 0 aliphatic carbocycles. The van der Waals surface area contributed by atoms with Gasteiger partial charge in [-0.05, 0) is 49.3 Å². The molecule has 1 atom stereocenters. The first-order valence-electron chi connectivity index (χ1n) is 10.7. The largest absolute Gasteiger partial charge is 0.383 e. The highest BCUT2D eigenvalue weighted by Crippen LogP contribution is 2.21. The second-order valence-electron chi connectivity index (χ2n) is 7.98. The first-order chi connectivity index (χ1) is 15.4. The highest BCUT2D eigenvalue weighted by atomic mass is 32.2. The Bertz CT molecular complexity index is 972. The molecule has 170 valence electrons. The number of likely N-dealkylation sites (tertiary alicyclic amines) is 1. The van der Waals surface area contributed by atoms with Crippen molar-refractivity contribution in [3.8, 4) is 0 Å². The van der Waals surface area contributed by atoms with Gasteiger partial charge >= 0.3 is 0 Å². The third kappa shape index (κ3) is 6.40. The zero-order chi connectivity index (χ0) is 23.1. The minimum atomic E-state index is -0.458. The van der Waals surface area contributed by atoms with Gasteiger partial charge in [0.15, 0.2) is 0 Å². The minimum absolute atomic E-state index is 0.0726. The van der Waals surface area contributed by atoms with Crippen LogP contribution < -0.4 is 11.5 Å². The van der Waals surface area contributed by atoms with Crippen molar-refractivity contribution in [3.63, 3.8) is 0 Å². The topological polar surface area (TPSA) is 102 Å². The van der Waals surface area contributed by atoms with E-state index in [2.05, 4.69) is 4.99 Å². The van der Waals surface area contributed by atoms with Crippen molar-refractivity contribution in [1.29, 1.82) is 0 Å². The molecule has 1 fully saturated rings. The molecule has 2 aromatic carbocycles. The predicted molar refractivity (Wildman–Crippen MR) is 126 cm³/mol. The van der Waals surface area contributed by atoms with Crippen LogP contribution in [0.4, 0.5) is 4.39 Å². The highest BCUT2D eigenvalue weighted by molar-refractivity contribution is 7.98. The highest BCUT2D eigenvalue weighted by Gasteiger charge is 2.28. The summed E-state index contributed by atoms with van der Waals surface area (Å²) >= 11 is 1.63. The van der Waals surface area contributed by atoms with Crippen LogP contribution in [-0.4, -0.2) is 47.9 Å². The molecule has 0 saturated carbocycles. The molecule has 1 unspecified atom stereocenters. The molecule has 1 saturated heterocycles. The number of carbonyl (C=O) groups is 2. The van der Waals surface area contributed by atoms with E-state index in [1.807, 2.05) is 30.5 Å². The van der Waals surface area contributed by atoms with E-state index in [4.69, 9.17) is 11.5 Å². The number of hydrogen-bond donors (Lipinski definition) is 2. The number of piperidine rings is 1. The number of aliphatic imine (C=N–C) groups is 1. The summed E-state index contributed by atoms with van der Waals surface area (Å²) in [5.41, 5.74) is 13.3. The van der Waals surface area contributed by atoms with Gasteiger partial charge in [-0.2, -0.15) is 4.99 Å². The summed E-state index contributed by atoms with van der Waals surface area (Å²) in [6, 6.07) is 13.6. The molecule has 32 heavy (non-hydrogen) atoms. The molecule has 0 spiro atoms. The lowest BCUT2D eigenvalue weighted by atomic mass is 9.95. The molecular formula is C24H29FN4O2S. The van der Waals surface area contributed by atoms with Gasteiger partial charge in [0, 0.05) is 41.9 Å². The van der Waals surface area contributed by atoms with E-state index in [1.165, 1.54) is 6.07 Å². The average Bonchev–Trinajstić information content (AvgIpc) is 2.80. The van der Waals surface area contributed by atoms with Crippen molar-refractivity contribution in [1.82, 2.24) is 4.90 Å². The summed E-state index contributed by atoms with van der Waals surface area (Å²) in [4.78, 5) is 32.1. The number of carbonyl (C=O) groups excluding carboxylic acids is 2. The zero-order valence-corrected chi connectivity index (χ0v) is 19.0. The molecule has 1 heterocycles. The number of nitrogens with zero attached hydrogens (tertiary/aromatic N) is 2. The van der Waals surface area contributed by atoms with Crippen LogP contribution in [0.5, 0.6) is 0 Å². The zero-order valence-electron chi connectivity index (χ0n) is 18.2. The maximum absolute atomic E-state index is 13.8. The predicted octanol–water partition coefficient (Wildman–Crippen LogP) is 2.98. The van der Waals surface area contributed by atoms with E-state index in [1.54, 1.807) is 34.9 Å². The minimum Gasteiger partial charge on any atom is -0.383 e. The summed E-state index contributed by atoms with van der Waals surface area (Å²) in [5.74, 6) is -0.679. The summed E-state index contributed by atoms with van der Waals surface area (Å²) in [6.45, 7) is 0.943. The maximum atomic E-state index is 13.8. The number of amidine groups is 1. The van der Waals surface area contributed by atoms with Crippen molar-refractivity contribution in [3.05, 3.63) is 65.5 Å². The molecule has 1 aliphatic heterocycles. The maximum Gasteiger partial charge on any atom is 0.250 e. The second kappa shape index (κ2) is 11.2. The Kier molecular flexibility index (Phi) is 8.41. The first-order valence-corrected chi connectivity index (χ1v) is 11.9. The van der Waals surface area contributed by atoms with Crippen LogP contribution in [0.3, 0.4) is 0 Å². The van der Waals surface area contributed by atoms with Gasteiger partial charge in [0.05, 0.1) is 0 Å². The molecule has 0 bridgehead atoms. The van der Waals surface area contributed by atoms with Gasteiger partial charge in [-0.3, -0.25) is 9.59 Å². The Morgan fingerprint density at radius 2 is 1.81 bits per heavy atom. The summed E-state index contributed by atoms with van der Waals surface area (Å²) in [6.07, 6.45) is 3.51. The molecular weight excluding hydrogens is 427 g/mol. The number of hydrogen-bond acceptors (Lipinski definition) is 4. The molecule has 1 aliphatic rings.